The molecule has 0 saturated heterocycles. The van der Waals surface area contributed by atoms with Gasteiger partial charge in [-0.2, -0.15) is 0 Å². The molecule has 5 heteroatoms. The molecule has 0 aliphatic heterocycles. The predicted octanol–water partition coefficient (Wildman–Crippen LogP) is 20.6. The highest BCUT2D eigenvalue weighted by Crippen LogP contribution is 2.16. The van der Waals surface area contributed by atoms with Crippen LogP contribution in [0.2, 0.25) is 0 Å². The Labute approximate surface area is 434 Å². The lowest BCUT2D eigenvalue weighted by Crippen LogP contribution is -2.30. The third kappa shape index (κ3) is 57.4. The molecule has 0 bridgehead atoms. The van der Waals surface area contributed by atoms with E-state index in [9.17, 15) is 9.59 Å². The predicted molar refractivity (Wildman–Crippen MR) is 306 cm³/mol. The van der Waals surface area contributed by atoms with Gasteiger partial charge < -0.3 is 14.2 Å². The molecule has 0 aromatic carbocycles. The number of unbranched alkanes of at least 4 members (excludes halogenated alkanes) is 27. The maximum Gasteiger partial charge on any atom is 0.306 e. The Kier molecular flexibility index (Phi) is 57.4. The fraction of sp³-hybridized carbons (Fsp3) is 0.723. The molecule has 1 unspecified atom stereocenters. The molecular formula is C65H112O5. The van der Waals surface area contributed by atoms with Crippen molar-refractivity contribution in [1.82, 2.24) is 0 Å². The minimum Gasteiger partial charge on any atom is -0.462 e. The maximum atomic E-state index is 12.9. The van der Waals surface area contributed by atoms with Gasteiger partial charge in [0.2, 0.25) is 0 Å². The molecule has 0 aliphatic rings. The van der Waals surface area contributed by atoms with E-state index >= 15 is 0 Å². The molecule has 0 rings (SSSR count). The number of rotatable bonds is 54. The van der Waals surface area contributed by atoms with Crippen LogP contribution in [0.1, 0.15) is 278 Å². The first-order valence-corrected chi connectivity index (χ1v) is 29.8. The standard InChI is InChI=1S/C65H112O5/c1-4-7-10-13-16-19-22-25-28-31-33-35-37-40-43-46-49-52-55-58-64(66)69-62-63(61-68-60-57-54-51-48-45-42-39-36-32-29-26-23-20-17-14-11-8-5-2)70-65(67)59-56-53-50-47-44-41-38-34-30-27-24-21-18-15-12-9-6-3/h7-8,10-11,16-17,19-20,25-26,28-29,33,35,40,43,63H,4-6,9,12-15,18,21-24,27,30-32,34,36-39,41-42,44-62H2,1-3H3/b10-7-,11-8-,19-16-,20-17-,28-25-,29-26-,35-33-,43-40-. The third-order valence-corrected chi connectivity index (χ3v) is 12.6. The SMILES string of the molecule is CC/C=C\C/C=C\C/C=C\C/C=C\C/C=C\CCCCCC(=O)OCC(COCCCCCCCCCC/C=C\C/C=C\C/C=C\CC)OC(=O)CCCCCCCCCCCCCCCCCCC. The van der Waals surface area contributed by atoms with Gasteiger partial charge in [0, 0.05) is 19.4 Å². The van der Waals surface area contributed by atoms with E-state index in [0.717, 1.165) is 103 Å². The van der Waals surface area contributed by atoms with Crippen LogP contribution in [0.25, 0.3) is 0 Å². The second-order valence-corrected chi connectivity index (χ2v) is 19.5. The van der Waals surface area contributed by atoms with Gasteiger partial charge >= 0.3 is 11.9 Å². The summed E-state index contributed by atoms with van der Waals surface area (Å²) in [6, 6.07) is 0. The summed E-state index contributed by atoms with van der Waals surface area (Å²) >= 11 is 0. The van der Waals surface area contributed by atoms with Gasteiger partial charge in [-0.1, -0.05) is 266 Å². The molecule has 0 amide bonds. The molecule has 0 aromatic rings. The Morgan fingerprint density at radius 2 is 0.643 bits per heavy atom. The molecule has 5 nitrogen and oxygen atoms in total. The summed E-state index contributed by atoms with van der Waals surface area (Å²) in [5, 5.41) is 0. The van der Waals surface area contributed by atoms with Crippen molar-refractivity contribution in [2.24, 2.45) is 0 Å². The first-order valence-electron chi connectivity index (χ1n) is 29.8. The van der Waals surface area contributed by atoms with E-state index in [1.165, 1.54) is 141 Å². The molecule has 70 heavy (non-hydrogen) atoms. The van der Waals surface area contributed by atoms with Crippen molar-refractivity contribution in [2.75, 3.05) is 19.8 Å². The first kappa shape index (κ1) is 66.8. The highest BCUT2D eigenvalue weighted by Gasteiger charge is 2.17. The molecular weight excluding hydrogens is 861 g/mol. The van der Waals surface area contributed by atoms with Crippen molar-refractivity contribution < 1.29 is 23.8 Å². The fourth-order valence-electron chi connectivity index (χ4n) is 8.26. The Hall–Kier alpha value is -3.18. The van der Waals surface area contributed by atoms with Crippen LogP contribution in [0.4, 0.5) is 0 Å². The van der Waals surface area contributed by atoms with Gasteiger partial charge in [-0.15, -0.1) is 0 Å². The van der Waals surface area contributed by atoms with E-state index in [1.807, 2.05) is 0 Å². The Bertz CT molecular complexity index is 1330. The number of carbonyl (C=O) groups excluding carboxylic acids is 2. The van der Waals surface area contributed by atoms with Crippen LogP contribution >= 0.6 is 0 Å². The third-order valence-electron chi connectivity index (χ3n) is 12.6. The number of hydrogen-bond donors (Lipinski definition) is 0. The van der Waals surface area contributed by atoms with Gasteiger partial charge in [-0.25, -0.2) is 0 Å². The normalized spacial score (nSPS) is 12.9. The summed E-state index contributed by atoms with van der Waals surface area (Å²) in [5.41, 5.74) is 0. The number of ether oxygens (including phenoxy) is 3. The van der Waals surface area contributed by atoms with Crippen molar-refractivity contribution in [2.45, 2.75) is 284 Å². The first-order chi connectivity index (χ1) is 34.6. The minimum absolute atomic E-state index is 0.0629. The number of hydrogen-bond acceptors (Lipinski definition) is 5. The van der Waals surface area contributed by atoms with Gasteiger partial charge in [-0.3, -0.25) is 9.59 Å². The van der Waals surface area contributed by atoms with Crippen LogP contribution in [-0.4, -0.2) is 37.9 Å². The molecule has 0 aromatic heterocycles. The van der Waals surface area contributed by atoms with E-state index in [0.29, 0.717) is 19.4 Å². The van der Waals surface area contributed by atoms with E-state index < -0.39 is 6.10 Å². The van der Waals surface area contributed by atoms with Gasteiger partial charge in [0.15, 0.2) is 6.10 Å². The molecule has 0 spiro atoms. The van der Waals surface area contributed by atoms with Crippen molar-refractivity contribution in [3.8, 4) is 0 Å². The molecule has 1 atom stereocenters. The van der Waals surface area contributed by atoms with Crippen molar-refractivity contribution in [3.63, 3.8) is 0 Å². The number of carbonyl (C=O) groups is 2. The largest absolute Gasteiger partial charge is 0.462 e. The van der Waals surface area contributed by atoms with E-state index in [2.05, 4.69) is 118 Å². The summed E-state index contributed by atoms with van der Waals surface area (Å²) in [6.07, 6.45) is 81.5. The van der Waals surface area contributed by atoms with Crippen LogP contribution in [0.5, 0.6) is 0 Å². The molecule has 0 fully saturated rings. The van der Waals surface area contributed by atoms with Crippen molar-refractivity contribution >= 4 is 11.9 Å². The summed E-state index contributed by atoms with van der Waals surface area (Å²) in [5.74, 6) is -0.431. The maximum absolute atomic E-state index is 12.9. The number of esters is 2. The van der Waals surface area contributed by atoms with Gasteiger partial charge in [0.25, 0.3) is 0 Å². The molecule has 0 saturated carbocycles. The van der Waals surface area contributed by atoms with E-state index in [-0.39, 0.29) is 25.2 Å². The smallest absolute Gasteiger partial charge is 0.306 e. The zero-order valence-electron chi connectivity index (χ0n) is 46.3. The zero-order valence-corrected chi connectivity index (χ0v) is 46.3. The quantitative estimate of drug-likeness (QED) is 0.0345. The van der Waals surface area contributed by atoms with E-state index in [4.69, 9.17) is 14.2 Å². The zero-order chi connectivity index (χ0) is 50.6. The monoisotopic (exact) mass is 973 g/mol. The molecule has 0 radical (unpaired) electrons. The summed E-state index contributed by atoms with van der Waals surface area (Å²) in [7, 11) is 0. The van der Waals surface area contributed by atoms with Crippen molar-refractivity contribution in [1.29, 1.82) is 0 Å². The van der Waals surface area contributed by atoms with Crippen molar-refractivity contribution in [3.05, 3.63) is 97.2 Å². The minimum atomic E-state index is -0.558. The Morgan fingerprint density at radius 3 is 1.04 bits per heavy atom. The lowest BCUT2D eigenvalue weighted by molar-refractivity contribution is -0.163. The Morgan fingerprint density at radius 1 is 0.329 bits per heavy atom. The summed E-state index contributed by atoms with van der Waals surface area (Å²) < 4.78 is 17.5. The highest BCUT2D eigenvalue weighted by molar-refractivity contribution is 5.70. The van der Waals surface area contributed by atoms with Crippen LogP contribution in [-0.2, 0) is 23.8 Å². The number of allylic oxidation sites excluding steroid dienone is 16. The van der Waals surface area contributed by atoms with Gasteiger partial charge in [0.05, 0.1) is 6.61 Å². The molecule has 402 valence electrons. The van der Waals surface area contributed by atoms with E-state index in [1.54, 1.807) is 0 Å². The average Bonchev–Trinajstić information content (AvgIpc) is 3.36. The summed E-state index contributed by atoms with van der Waals surface area (Å²) in [6.45, 7) is 7.58. The fourth-order valence-corrected chi connectivity index (χ4v) is 8.26. The molecule has 0 heterocycles. The highest BCUT2D eigenvalue weighted by atomic mass is 16.6. The van der Waals surface area contributed by atoms with Crippen LogP contribution in [0, 0.1) is 0 Å². The molecule has 0 aliphatic carbocycles. The van der Waals surface area contributed by atoms with Crippen LogP contribution in [0.3, 0.4) is 0 Å². The van der Waals surface area contributed by atoms with Crippen LogP contribution in [0.15, 0.2) is 97.2 Å². The second kappa shape index (κ2) is 60.1. The Balaban J connectivity index is 4.35. The topological polar surface area (TPSA) is 61.8 Å². The lowest BCUT2D eigenvalue weighted by Gasteiger charge is -2.18. The van der Waals surface area contributed by atoms with Gasteiger partial charge in [-0.05, 0) is 96.3 Å². The molecule has 0 N–H and O–H groups in total. The second-order valence-electron chi connectivity index (χ2n) is 19.5. The average molecular weight is 974 g/mol. The lowest BCUT2D eigenvalue weighted by atomic mass is 10.0. The summed E-state index contributed by atoms with van der Waals surface area (Å²) in [4.78, 5) is 25.6. The van der Waals surface area contributed by atoms with Gasteiger partial charge in [0.1, 0.15) is 6.61 Å². The van der Waals surface area contributed by atoms with Crippen LogP contribution < -0.4 is 0 Å².